The van der Waals surface area contributed by atoms with Crippen LogP contribution in [-0.4, -0.2) is 44.2 Å². The summed E-state index contributed by atoms with van der Waals surface area (Å²) in [5.74, 6) is -2.06. The maximum Gasteiger partial charge on any atom is 0.354 e. The third kappa shape index (κ3) is 5.34. The Morgan fingerprint density at radius 1 is 0.821 bits per heavy atom. The van der Waals surface area contributed by atoms with Crippen molar-refractivity contribution < 1.29 is 19.8 Å². The lowest BCUT2D eigenvalue weighted by Gasteiger charge is -2.33. The average molecular weight is 384 g/mol. The van der Waals surface area contributed by atoms with Crippen molar-refractivity contribution in [2.24, 2.45) is 0 Å². The maximum atomic E-state index is 11.1. The number of hydrogen-bond acceptors (Lipinski definition) is 6. The molecule has 1 saturated carbocycles. The lowest BCUT2D eigenvalue weighted by Crippen LogP contribution is -2.49. The first-order chi connectivity index (χ1) is 13.5. The Morgan fingerprint density at radius 2 is 1.25 bits per heavy atom. The van der Waals surface area contributed by atoms with Gasteiger partial charge in [0, 0.05) is 25.2 Å². The minimum absolute atomic E-state index is 0.0435. The second-order valence-electron chi connectivity index (χ2n) is 6.90. The molecule has 8 nitrogen and oxygen atoms in total. The number of nitrogens with zero attached hydrogens (tertiary/aromatic N) is 2. The van der Waals surface area contributed by atoms with Gasteiger partial charge in [-0.3, -0.25) is 0 Å². The van der Waals surface area contributed by atoms with Crippen LogP contribution in [0.3, 0.4) is 0 Å². The number of carboxylic acid groups (broad SMARTS) is 2. The molecule has 0 amide bonds. The third-order valence-corrected chi connectivity index (χ3v) is 4.91. The van der Waals surface area contributed by atoms with E-state index in [0.29, 0.717) is 24.5 Å². The molecule has 3 rings (SSSR count). The van der Waals surface area contributed by atoms with Crippen molar-refractivity contribution in [2.75, 3.05) is 0 Å². The van der Waals surface area contributed by atoms with Gasteiger partial charge in [0.25, 0.3) is 0 Å². The zero-order chi connectivity index (χ0) is 19.9. The van der Waals surface area contributed by atoms with E-state index in [1.54, 1.807) is 12.1 Å². The molecule has 1 aliphatic carbocycles. The zero-order valence-corrected chi connectivity index (χ0v) is 15.5. The molecule has 0 aliphatic heterocycles. The molecule has 2 aromatic rings. The van der Waals surface area contributed by atoms with Gasteiger partial charge in [0.15, 0.2) is 0 Å². The molecule has 4 N–H and O–H groups in total. The lowest BCUT2D eigenvalue weighted by molar-refractivity contribution is 0.0679. The average Bonchev–Trinajstić information content (AvgIpc) is 2.71. The van der Waals surface area contributed by atoms with E-state index < -0.39 is 11.9 Å². The first kappa shape index (κ1) is 19.9. The van der Waals surface area contributed by atoms with E-state index >= 15 is 0 Å². The first-order valence-corrected chi connectivity index (χ1v) is 9.38. The third-order valence-electron chi connectivity index (χ3n) is 4.91. The van der Waals surface area contributed by atoms with Crippen molar-refractivity contribution in [3.8, 4) is 0 Å². The van der Waals surface area contributed by atoms with Crippen LogP contribution in [0.2, 0.25) is 0 Å². The van der Waals surface area contributed by atoms with Gasteiger partial charge in [0.05, 0.1) is 11.4 Å². The van der Waals surface area contributed by atoms with E-state index in [-0.39, 0.29) is 23.5 Å². The largest absolute Gasteiger partial charge is 0.477 e. The fraction of sp³-hybridized carbons (Fsp3) is 0.400. The number of carboxylic acids is 2. The molecule has 8 heteroatoms. The molecule has 28 heavy (non-hydrogen) atoms. The zero-order valence-electron chi connectivity index (χ0n) is 15.5. The predicted molar refractivity (Wildman–Crippen MR) is 102 cm³/mol. The number of carbonyl (C=O) groups is 2. The molecule has 2 heterocycles. The summed E-state index contributed by atoms with van der Waals surface area (Å²) in [7, 11) is 0. The van der Waals surface area contributed by atoms with Gasteiger partial charge >= 0.3 is 11.9 Å². The predicted octanol–water partition coefficient (Wildman–Crippen LogP) is 2.06. The van der Waals surface area contributed by atoms with Gasteiger partial charge < -0.3 is 20.8 Å². The van der Waals surface area contributed by atoms with E-state index in [0.717, 1.165) is 25.7 Å². The molecule has 2 atom stereocenters. The second kappa shape index (κ2) is 9.38. The molecule has 0 radical (unpaired) electrons. The van der Waals surface area contributed by atoms with Crippen LogP contribution in [0.5, 0.6) is 0 Å². The topological polar surface area (TPSA) is 124 Å². The van der Waals surface area contributed by atoms with E-state index in [4.69, 9.17) is 10.2 Å². The molecule has 148 valence electrons. The Bertz CT molecular complexity index is 773. The summed E-state index contributed by atoms with van der Waals surface area (Å²) in [6, 6.07) is 10.4. The summed E-state index contributed by atoms with van der Waals surface area (Å²) in [6.45, 7) is 0.993. The van der Waals surface area contributed by atoms with Crippen molar-refractivity contribution in [3.63, 3.8) is 0 Å². The molecule has 0 spiro atoms. The number of nitrogens with one attached hydrogen (secondary N) is 2. The number of hydrogen-bond donors (Lipinski definition) is 4. The quantitative estimate of drug-likeness (QED) is 0.545. The summed E-state index contributed by atoms with van der Waals surface area (Å²) in [6.07, 6.45) is 4.29. The summed E-state index contributed by atoms with van der Waals surface area (Å²) >= 11 is 0. The van der Waals surface area contributed by atoms with Crippen molar-refractivity contribution in [1.29, 1.82) is 0 Å². The van der Waals surface area contributed by atoms with Gasteiger partial charge in [0.1, 0.15) is 11.4 Å². The minimum Gasteiger partial charge on any atom is -0.477 e. The Balaban J connectivity index is 1.58. The van der Waals surface area contributed by atoms with Crippen LogP contribution in [0.4, 0.5) is 0 Å². The van der Waals surface area contributed by atoms with Gasteiger partial charge in [-0.15, -0.1) is 0 Å². The highest BCUT2D eigenvalue weighted by Gasteiger charge is 2.24. The second-order valence-corrected chi connectivity index (χ2v) is 6.90. The summed E-state index contributed by atoms with van der Waals surface area (Å²) < 4.78 is 0. The van der Waals surface area contributed by atoms with Gasteiger partial charge in [-0.25, -0.2) is 19.6 Å². The van der Waals surface area contributed by atoms with Crippen LogP contribution in [0.1, 0.15) is 58.0 Å². The van der Waals surface area contributed by atoms with Gasteiger partial charge in [0.2, 0.25) is 0 Å². The molecule has 0 aromatic carbocycles. The molecule has 0 saturated heterocycles. The minimum atomic E-state index is -1.03. The number of aromatic nitrogens is 2. The van der Waals surface area contributed by atoms with Gasteiger partial charge in [-0.05, 0) is 37.1 Å². The lowest BCUT2D eigenvalue weighted by atomic mass is 9.90. The summed E-state index contributed by atoms with van der Waals surface area (Å²) in [5, 5.41) is 25.1. The molecular formula is C20H24N4O4. The number of rotatable bonds is 8. The molecule has 2 aromatic heterocycles. The van der Waals surface area contributed by atoms with Gasteiger partial charge in [-0.2, -0.15) is 0 Å². The van der Waals surface area contributed by atoms with Crippen LogP contribution >= 0.6 is 0 Å². The van der Waals surface area contributed by atoms with Crippen LogP contribution in [0, 0.1) is 0 Å². The standard InChI is InChI=1S/C20H24N4O4/c25-19(26)17-9-3-5-13(23-17)11-21-15-7-1-2-8-16(15)22-12-14-6-4-10-18(24-14)20(27)28/h3-6,9-10,15-16,21-22H,1-2,7-8,11-12H2,(H,25,26)(H,27,28)/t15-,16-/m1/s1. The normalized spacial score (nSPS) is 19.3. The SMILES string of the molecule is O=C(O)c1cccc(CN[C@@H]2CCCC[C@H]2NCc2cccc(C(=O)O)n2)n1. The molecule has 1 fully saturated rings. The fourth-order valence-electron chi connectivity index (χ4n) is 3.49. The monoisotopic (exact) mass is 384 g/mol. The summed E-state index contributed by atoms with van der Waals surface area (Å²) in [4.78, 5) is 30.4. The van der Waals surface area contributed by atoms with Gasteiger partial charge in [-0.1, -0.05) is 25.0 Å². The Labute approximate surface area is 163 Å². The van der Waals surface area contributed by atoms with E-state index in [2.05, 4.69) is 20.6 Å². The van der Waals surface area contributed by atoms with Crippen LogP contribution in [0.25, 0.3) is 0 Å². The number of pyridine rings is 2. The van der Waals surface area contributed by atoms with Crippen molar-refractivity contribution >= 4 is 11.9 Å². The fourth-order valence-corrected chi connectivity index (χ4v) is 3.49. The Morgan fingerprint density at radius 3 is 1.64 bits per heavy atom. The van der Waals surface area contributed by atoms with E-state index in [1.807, 2.05) is 12.1 Å². The van der Waals surface area contributed by atoms with Crippen LogP contribution in [-0.2, 0) is 13.1 Å². The smallest absolute Gasteiger partial charge is 0.354 e. The van der Waals surface area contributed by atoms with E-state index in [9.17, 15) is 9.59 Å². The summed E-state index contributed by atoms with van der Waals surface area (Å²) in [5.41, 5.74) is 1.48. The first-order valence-electron chi connectivity index (χ1n) is 9.38. The van der Waals surface area contributed by atoms with Crippen LogP contribution in [0.15, 0.2) is 36.4 Å². The molecular weight excluding hydrogens is 360 g/mol. The Hall–Kier alpha value is -2.84. The molecule has 1 aliphatic rings. The van der Waals surface area contributed by atoms with Crippen molar-refractivity contribution in [1.82, 2.24) is 20.6 Å². The number of aromatic carboxylic acids is 2. The molecule has 0 unspecified atom stereocenters. The maximum absolute atomic E-state index is 11.1. The Kier molecular flexibility index (Phi) is 6.67. The molecule has 0 bridgehead atoms. The van der Waals surface area contributed by atoms with Crippen LogP contribution < -0.4 is 10.6 Å². The van der Waals surface area contributed by atoms with Crippen molar-refractivity contribution in [2.45, 2.75) is 50.9 Å². The highest BCUT2D eigenvalue weighted by atomic mass is 16.4. The van der Waals surface area contributed by atoms with Crippen molar-refractivity contribution in [3.05, 3.63) is 59.2 Å². The highest BCUT2D eigenvalue weighted by molar-refractivity contribution is 5.85. The highest BCUT2D eigenvalue weighted by Crippen LogP contribution is 2.19. The van der Waals surface area contributed by atoms with E-state index in [1.165, 1.54) is 12.1 Å².